The average molecular weight is 369 g/mol. The third kappa shape index (κ3) is 3.71. The first-order valence-electron chi connectivity index (χ1n) is 7.34. The number of aryl methyl sites for hydroxylation is 1. The highest BCUT2D eigenvalue weighted by Gasteiger charge is 2.22. The van der Waals surface area contributed by atoms with Gasteiger partial charge in [0.1, 0.15) is 10.8 Å². The Morgan fingerprint density at radius 1 is 1.43 bits per heavy atom. The fourth-order valence-corrected chi connectivity index (χ4v) is 3.91. The van der Waals surface area contributed by atoms with Crippen LogP contribution >= 0.6 is 27.3 Å². The second kappa shape index (κ2) is 6.55. The predicted molar refractivity (Wildman–Crippen MR) is 89.1 cm³/mol. The lowest BCUT2D eigenvalue weighted by Crippen LogP contribution is -2.15. The van der Waals surface area contributed by atoms with E-state index < -0.39 is 0 Å². The van der Waals surface area contributed by atoms with E-state index in [-0.39, 0.29) is 5.82 Å². The molecule has 5 heteroatoms. The van der Waals surface area contributed by atoms with Crippen LogP contribution in [-0.2, 0) is 13.0 Å². The smallest absolute Gasteiger partial charge is 0.125 e. The fourth-order valence-electron chi connectivity index (χ4n) is 2.25. The topological polar surface area (TPSA) is 24.9 Å². The molecule has 1 aliphatic carbocycles. The SMILES string of the molecule is CCCc1nc(-c2cc(F)ccc2Br)sc1CNC1CC1. The fraction of sp³-hybridized carbons (Fsp3) is 0.438. The van der Waals surface area contributed by atoms with E-state index in [2.05, 4.69) is 28.2 Å². The zero-order chi connectivity index (χ0) is 14.8. The molecule has 21 heavy (non-hydrogen) atoms. The average Bonchev–Trinajstić information content (AvgIpc) is 3.21. The number of thiazole rings is 1. The zero-order valence-corrected chi connectivity index (χ0v) is 14.4. The van der Waals surface area contributed by atoms with Crippen LogP contribution in [0.25, 0.3) is 10.6 Å². The number of benzene rings is 1. The van der Waals surface area contributed by atoms with Gasteiger partial charge < -0.3 is 5.32 Å². The second-order valence-electron chi connectivity index (χ2n) is 5.42. The van der Waals surface area contributed by atoms with Gasteiger partial charge in [0.2, 0.25) is 0 Å². The Morgan fingerprint density at radius 2 is 2.24 bits per heavy atom. The summed E-state index contributed by atoms with van der Waals surface area (Å²) in [6.07, 6.45) is 4.61. The molecule has 2 nitrogen and oxygen atoms in total. The van der Waals surface area contributed by atoms with Gasteiger partial charge in [-0.15, -0.1) is 11.3 Å². The minimum Gasteiger partial charge on any atom is -0.309 e. The van der Waals surface area contributed by atoms with Crippen molar-refractivity contribution in [3.63, 3.8) is 0 Å². The Hall–Kier alpha value is -0.780. The number of nitrogens with one attached hydrogen (secondary N) is 1. The van der Waals surface area contributed by atoms with E-state index in [0.717, 1.165) is 40.1 Å². The minimum absolute atomic E-state index is 0.224. The first-order valence-corrected chi connectivity index (χ1v) is 8.95. The third-order valence-corrected chi connectivity index (χ3v) is 5.37. The van der Waals surface area contributed by atoms with Crippen molar-refractivity contribution < 1.29 is 4.39 Å². The Kier molecular flexibility index (Phi) is 4.72. The summed E-state index contributed by atoms with van der Waals surface area (Å²) in [6.45, 7) is 3.04. The van der Waals surface area contributed by atoms with Crippen LogP contribution in [0.1, 0.15) is 36.8 Å². The molecule has 0 amide bonds. The highest BCUT2D eigenvalue weighted by Crippen LogP contribution is 2.34. The van der Waals surface area contributed by atoms with Crippen LogP contribution in [0.5, 0.6) is 0 Å². The molecule has 0 unspecified atom stereocenters. The summed E-state index contributed by atoms with van der Waals surface area (Å²) >= 11 is 5.17. The lowest BCUT2D eigenvalue weighted by Gasteiger charge is -2.01. The van der Waals surface area contributed by atoms with Crippen molar-refractivity contribution in [2.45, 2.75) is 45.2 Å². The van der Waals surface area contributed by atoms with Crippen molar-refractivity contribution in [1.82, 2.24) is 10.3 Å². The normalized spacial score (nSPS) is 14.6. The van der Waals surface area contributed by atoms with E-state index >= 15 is 0 Å². The lowest BCUT2D eigenvalue weighted by atomic mass is 10.2. The summed E-state index contributed by atoms with van der Waals surface area (Å²) in [7, 11) is 0. The molecule has 0 radical (unpaired) electrons. The molecule has 1 fully saturated rings. The molecule has 1 saturated carbocycles. The molecule has 0 bridgehead atoms. The number of nitrogens with zero attached hydrogens (tertiary/aromatic N) is 1. The molecule has 3 rings (SSSR count). The van der Waals surface area contributed by atoms with Crippen LogP contribution in [0.15, 0.2) is 22.7 Å². The molecule has 0 atom stereocenters. The van der Waals surface area contributed by atoms with Crippen LogP contribution in [0.4, 0.5) is 4.39 Å². The number of halogens is 2. The first-order chi connectivity index (χ1) is 10.2. The molecular formula is C16H18BrFN2S. The van der Waals surface area contributed by atoms with E-state index in [0.29, 0.717) is 6.04 Å². The van der Waals surface area contributed by atoms with E-state index in [9.17, 15) is 4.39 Å². The quantitative estimate of drug-likeness (QED) is 0.782. The summed E-state index contributed by atoms with van der Waals surface area (Å²) in [5.74, 6) is -0.224. The van der Waals surface area contributed by atoms with Gasteiger partial charge >= 0.3 is 0 Å². The molecule has 0 spiro atoms. The van der Waals surface area contributed by atoms with Crippen molar-refractivity contribution in [3.8, 4) is 10.6 Å². The molecule has 0 saturated heterocycles. The molecule has 1 aliphatic rings. The molecule has 1 heterocycles. The Balaban J connectivity index is 1.90. The highest BCUT2D eigenvalue weighted by molar-refractivity contribution is 9.10. The maximum absolute atomic E-state index is 13.5. The van der Waals surface area contributed by atoms with Crippen LogP contribution in [0.3, 0.4) is 0 Å². The van der Waals surface area contributed by atoms with Crippen molar-refractivity contribution >= 4 is 27.3 Å². The summed E-state index contributed by atoms with van der Waals surface area (Å²) in [6, 6.07) is 5.44. The Bertz CT molecular complexity index is 637. The third-order valence-electron chi connectivity index (χ3n) is 3.55. The monoisotopic (exact) mass is 368 g/mol. The number of hydrogen-bond acceptors (Lipinski definition) is 3. The van der Waals surface area contributed by atoms with Gasteiger partial charge in [0.15, 0.2) is 0 Å². The molecule has 1 N–H and O–H groups in total. The van der Waals surface area contributed by atoms with Gasteiger partial charge in [-0.25, -0.2) is 9.37 Å². The van der Waals surface area contributed by atoms with Crippen LogP contribution in [0, 0.1) is 5.82 Å². The van der Waals surface area contributed by atoms with Gasteiger partial charge in [0, 0.05) is 27.5 Å². The first kappa shape index (κ1) is 15.1. The highest BCUT2D eigenvalue weighted by atomic mass is 79.9. The second-order valence-corrected chi connectivity index (χ2v) is 7.36. The summed E-state index contributed by atoms with van der Waals surface area (Å²) < 4.78 is 14.4. The van der Waals surface area contributed by atoms with Crippen LogP contribution in [-0.4, -0.2) is 11.0 Å². The molecule has 1 aromatic carbocycles. The molecule has 0 aliphatic heterocycles. The van der Waals surface area contributed by atoms with Crippen molar-refractivity contribution in [3.05, 3.63) is 39.1 Å². The van der Waals surface area contributed by atoms with Gasteiger partial charge in [0.05, 0.1) is 5.69 Å². The Labute approximate surface area is 136 Å². The van der Waals surface area contributed by atoms with E-state index in [1.54, 1.807) is 23.5 Å². The molecular weight excluding hydrogens is 351 g/mol. The van der Waals surface area contributed by atoms with Crippen molar-refractivity contribution in [1.29, 1.82) is 0 Å². The Morgan fingerprint density at radius 3 is 2.95 bits per heavy atom. The number of hydrogen-bond donors (Lipinski definition) is 1. The summed E-state index contributed by atoms with van der Waals surface area (Å²) in [5.41, 5.74) is 2.00. The zero-order valence-electron chi connectivity index (χ0n) is 12.0. The maximum Gasteiger partial charge on any atom is 0.125 e. The van der Waals surface area contributed by atoms with E-state index in [1.165, 1.54) is 23.8 Å². The van der Waals surface area contributed by atoms with Gasteiger partial charge in [-0.1, -0.05) is 29.3 Å². The van der Waals surface area contributed by atoms with Crippen molar-refractivity contribution in [2.24, 2.45) is 0 Å². The van der Waals surface area contributed by atoms with E-state index in [4.69, 9.17) is 4.98 Å². The molecule has 2 aromatic rings. The maximum atomic E-state index is 13.5. The van der Waals surface area contributed by atoms with Crippen LogP contribution < -0.4 is 5.32 Å². The number of rotatable bonds is 6. The predicted octanol–water partition coefficient (Wildman–Crippen LogP) is 4.92. The minimum atomic E-state index is -0.224. The van der Waals surface area contributed by atoms with Gasteiger partial charge in [-0.05, 0) is 37.5 Å². The number of aromatic nitrogens is 1. The van der Waals surface area contributed by atoms with Crippen LogP contribution in [0.2, 0.25) is 0 Å². The standard InChI is InChI=1S/C16H18BrFN2S/c1-2-3-14-15(9-19-11-5-6-11)21-16(20-14)12-8-10(18)4-7-13(12)17/h4,7-8,11,19H,2-3,5-6,9H2,1H3. The summed E-state index contributed by atoms with van der Waals surface area (Å²) in [5, 5.41) is 4.45. The van der Waals surface area contributed by atoms with E-state index in [1.807, 2.05) is 0 Å². The lowest BCUT2D eigenvalue weighted by molar-refractivity contribution is 0.628. The van der Waals surface area contributed by atoms with Gasteiger partial charge in [0.25, 0.3) is 0 Å². The van der Waals surface area contributed by atoms with Crippen molar-refractivity contribution in [2.75, 3.05) is 0 Å². The molecule has 112 valence electrons. The van der Waals surface area contributed by atoms with Gasteiger partial charge in [-0.3, -0.25) is 0 Å². The largest absolute Gasteiger partial charge is 0.309 e. The summed E-state index contributed by atoms with van der Waals surface area (Å²) in [4.78, 5) is 6.04. The van der Waals surface area contributed by atoms with Gasteiger partial charge in [-0.2, -0.15) is 0 Å². The molecule has 1 aromatic heterocycles.